The molecule has 1 fully saturated rings. The van der Waals surface area contributed by atoms with Gasteiger partial charge in [0.1, 0.15) is 5.75 Å². The van der Waals surface area contributed by atoms with Crippen LogP contribution in [-0.4, -0.2) is 56.3 Å². The van der Waals surface area contributed by atoms with Gasteiger partial charge in [-0.05, 0) is 31.2 Å². The minimum absolute atomic E-state index is 0. The van der Waals surface area contributed by atoms with E-state index < -0.39 is 0 Å². The van der Waals surface area contributed by atoms with Gasteiger partial charge in [-0.2, -0.15) is 0 Å². The molecule has 4 nitrogen and oxygen atoms in total. The number of ether oxygens (including phenoxy) is 1. The van der Waals surface area contributed by atoms with E-state index >= 15 is 0 Å². The molecule has 1 aliphatic heterocycles. The van der Waals surface area contributed by atoms with Crippen LogP contribution in [0.15, 0.2) is 40.6 Å². The average molecular weight is 449 g/mol. The van der Waals surface area contributed by atoms with Crippen LogP contribution in [0.25, 0.3) is 0 Å². The molecule has 0 bridgehead atoms. The Labute approximate surface area is 182 Å². The van der Waals surface area contributed by atoms with E-state index in [2.05, 4.69) is 28.0 Å². The average Bonchev–Trinajstić information content (AvgIpc) is 3.11. The summed E-state index contributed by atoms with van der Waals surface area (Å²) in [6, 6.07) is 12.2. The molecule has 0 N–H and O–H groups in total. The van der Waals surface area contributed by atoms with Crippen LogP contribution < -0.4 is 9.64 Å². The number of hydrogen-bond acceptors (Lipinski definition) is 6. The van der Waals surface area contributed by atoms with Crippen LogP contribution in [0.1, 0.15) is 16.6 Å². The Morgan fingerprint density at radius 3 is 2.44 bits per heavy atom. The Morgan fingerprint density at radius 2 is 1.81 bits per heavy atom. The highest BCUT2D eigenvalue weighted by atomic mass is 35.5. The van der Waals surface area contributed by atoms with Crippen molar-refractivity contribution in [2.45, 2.75) is 11.1 Å². The molecule has 0 radical (unpaired) electrons. The Hall–Kier alpha value is -0.920. The van der Waals surface area contributed by atoms with Crippen LogP contribution in [0, 0.1) is 0 Å². The standard InChI is InChI=1S/C19H24N2O2S2.2ClH/c1-15(22)18-7-8-19(25-18)24-14-13-20-9-11-21(12-10-20)16-5-3-4-6-17(16)23-2;;/h3-8H,9-14H2,1-2H3;2*1H. The van der Waals surface area contributed by atoms with Gasteiger partial charge in [0.2, 0.25) is 0 Å². The Kier molecular flexibility index (Phi) is 10.6. The monoisotopic (exact) mass is 448 g/mol. The maximum Gasteiger partial charge on any atom is 0.169 e. The maximum absolute atomic E-state index is 11.4. The number of anilines is 1. The number of halogens is 2. The third-order valence-electron chi connectivity index (χ3n) is 4.38. The predicted molar refractivity (Wildman–Crippen MR) is 121 cm³/mol. The molecule has 0 atom stereocenters. The van der Waals surface area contributed by atoms with Crippen LogP contribution in [0.5, 0.6) is 5.75 Å². The molecule has 2 heterocycles. The van der Waals surface area contributed by atoms with Gasteiger partial charge in [0.15, 0.2) is 5.78 Å². The molecule has 1 aromatic heterocycles. The van der Waals surface area contributed by atoms with E-state index in [9.17, 15) is 4.79 Å². The topological polar surface area (TPSA) is 32.8 Å². The second-order valence-corrected chi connectivity index (χ2v) is 8.50. The lowest BCUT2D eigenvalue weighted by Gasteiger charge is -2.36. The van der Waals surface area contributed by atoms with E-state index in [1.807, 2.05) is 30.0 Å². The Morgan fingerprint density at radius 1 is 1.11 bits per heavy atom. The van der Waals surface area contributed by atoms with E-state index in [4.69, 9.17) is 4.74 Å². The number of benzene rings is 1. The molecular formula is C19H26Cl2N2O2S2. The predicted octanol–water partition coefficient (Wildman–Crippen LogP) is 4.72. The number of thioether (sulfide) groups is 1. The van der Waals surface area contributed by atoms with Crippen molar-refractivity contribution >= 4 is 59.4 Å². The van der Waals surface area contributed by atoms with Gasteiger partial charge in [0.05, 0.1) is 21.9 Å². The summed E-state index contributed by atoms with van der Waals surface area (Å²) in [5.74, 6) is 2.17. The molecule has 0 aliphatic carbocycles. The van der Waals surface area contributed by atoms with E-state index in [1.54, 1.807) is 25.4 Å². The zero-order valence-corrected chi connectivity index (χ0v) is 18.8. The largest absolute Gasteiger partial charge is 0.495 e. The highest BCUT2D eigenvalue weighted by Gasteiger charge is 2.19. The Bertz CT molecular complexity index is 719. The molecule has 1 aliphatic rings. The molecule has 0 amide bonds. The van der Waals surface area contributed by atoms with Crippen LogP contribution in [0.3, 0.4) is 0 Å². The summed E-state index contributed by atoms with van der Waals surface area (Å²) in [6.07, 6.45) is 0. The molecular weight excluding hydrogens is 423 g/mol. The minimum atomic E-state index is 0. The van der Waals surface area contributed by atoms with Crippen molar-refractivity contribution in [1.29, 1.82) is 0 Å². The summed E-state index contributed by atoms with van der Waals surface area (Å²) in [4.78, 5) is 17.1. The molecule has 2 aromatic rings. The number of methoxy groups -OCH3 is 1. The fourth-order valence-electron chi connectivity index (χ4n) is 2.97. The summed E-state index contributed by atoms with van der Waals surface area (Å²) in [5, 5.41) is 0. The highest BCUT2D eigenvalue weighted by molar-refractivity contribution is 8.01. The van der Waals surface area contributed by atoms with E-state index in [1.165, 1.54) is 9.90 Å². The quantitative estimate of drug-likeness (QED) is 0.451. The number of para-hydroxylation sites is 2. The summed E-state index contributed by atoms with van der Waals surface area (Å²) in [6.45, 7) is 6.90. The van der Waals surface area contributed by atoms with Gasteiger partial charge in [-0.1, -0.05) is 12.1 Å². The second kappa shape index (κ2) is 11.8. The maximum atomic E-state index is 11.4. The van der Waals surface area contributed by atoms with Crippen molar-refractivity contribution in [2.75, 3.05) is 50.5 Å². The van der Waals surface area contributed by atoms with Gasteiger partial charge in [-0.15, -0.1) is 47.9 Å². The molecule has 27 heavy (non-hydrogen) atoms. The number of ketones is 1. The molecule has 3 rings (SSSR count). The summed E-state index contributed by atoms with van der Waals surface area (Å²) in [5.41, 5.74) is 1.19. The lowest BCUT2D eigenvalue weighted by atomic mass is 10.2. The first kappa shape index (κ1) is 24.1. The highest BCUT2D eigenvalue weighted by Crippen LogP contribution is 2.29. The van der Waals surface area contributed by atoms with Crippen LogP contribution in [0.2, 0.25) is 0 Å². The number of nitrogens with zero attached hydrogens (tertiary/aromatic N) is 2. The smallest absolute Gasteiger partial charge is 0.169 e. The SMILES string of the molecule is COc1ccccc1N1CCN(CCSc2ccc(C(C)=O)s2)CC1.Cl.Cl. The van der Waals surface area contributed by atoms with Crippen molar-refractivity contribution in [3.05, 3.63) is 41.3 Å². The van der Waals surface area contributed by atoms with Crippen molar-refractivity contribution in [3.63, 3.8) is 0 Å². The first-order valence-corrected chi connectivity index (χ1v) is 10.3. The molecule has 150 valence electrons. The van der Waals surface area contributed by atoms with Gasteiger partial charge in [-0.25, -0.2) is 0 Å². The molecule has 8 heteroatoms. The molecule has 1 aromatic carbocycles. The molecule has 0 spiro atoms. The number of Topliss-reactive ketones (excluding diaryl/α,β-unsaturated/α-hetero) is 1. The first-order chi connectivity index (χ1) is 12.2. The van der Waals surface area contributed by atoms with Crippen molar-refractivity contribution in [2.24, 2.45) is 0 Å². The third-order valence-corrected chi connectivity index (χ3v) is 6.77. The number of thiophene rings is 1. The van der Waals surface area contributed by atoms with E-state index in [-0.39, 0.29) is 30.6 Å². The zero-order chi connectivity index (χ0) is 17.6. The van der Waals surface area contributed by atoms with Crippen LogP contribution >= 0.6 is 47.9 Å². The van der Waals surface area contributed by atoms with Gasteiger partial charge >= 0.3 is 0 Å². The fourth-order valence-corrected chi connectivity index (χ4v) is 5.07. The van der Waals surface area contributed by atoms with Gasteiger partial charge < -0.3 is 9.64 Å². The second-order valence-electron chi connectivity index (χ2n) is 6.02. The molecule has 0 unspecified atom stereocenters. The van der Waals surface area contributed by atoms with E-state index in [0.717, 1.165) is 49.1 Å². The lowest BCUT2D eigenvalue weighted by Crippen LogP contribution is -2.47. The number of hydrogen-bond donors (Lipinski definition) is 0. The fraction of sp³-hybridized carbons (Fsp3) is 0.421. The van der Waals surface area contributed by atoms with E-state index in [0.29, 0.717) is 0 Å². The van der Waals surface area contributed by atoms with Gasteiger partial charge in [-0.3, -0.25) is 9.69 Å². The molecule has 1 saturated heterocycles. The minimum Gasteiger partial charge on any atom is -0.495 e. The van der Waals surface area contributed by atoms with Crippen molar-refractivity contribution in [1.82, 2.24) is 4.90 Å². The van der Waals surface area contributed by atoms with Crippen LogP contribution in [-0.2, 0) is 0 Å². The summed E-state index contributed by atoms with van der Waals surface area (Å²) >= 11 is 3.45. The normalized spacial score (nSPS) is 14.2. The zero-order valence-electron chi connectivity index (χ0n) is 15.6. The van der Waals surface area contributed by atoms with Crippen LogP contribution in [0.4, 0.5) is 5.69 Å². The van der Waals surface area contributed by atoms with Gasteiger partial charge in [0, 0.05) is 38.5 Å². The van der Waals surface area contributed by atoms with Crippen molar-refractivity contribution in [3.8, 4) is 5.75 Å². The summed E-state index contributed by atoms with van der Waals surface area (Å²) < 4.78 is 6.71. The Balaban J connectivity index is 0.00000182. The first-order valence-electron chi connectivity index (χ1n) is 8.51. The summed E-state index contributed by atoms with van der Waals surface area (Å²) in [7, 11) is 1.73. The lowest BCUT2D eigenvalue weighted by molar-refractivity contribution is 0.102. The number of piperazine rings is 1. The van der Waals surface area contributed by atoms with Gasteiger partial charge in [0.25, 0.3) is 0 Å². The number of rotatable bonds is 7. The van der Waals surface area contributed by atoms with Crippen molar-refractivity contribution < 1.29 is 9.53 Å². The third kappa shape index (κ3) is 6.57. The number of carbonyl (C=O) groups is 1. The number of carbonyl (C=O) groups excluding carboxylic acids is 1. The molecule has 0 saturated carbocycles.